The van der Waals surface area contributed by atoms with Crippen molar-refractivity contribution in [1.82, 2.24) is 4.90 Å². The van der Waals surface area contributed by atoms with Gasteiger partial charge in [0, 0.05) is 55.1 Å². The zero-order valence-electron chi connectivity index (χ0n) is 23.9. The molecule has 1 atom stereocenters. The topological polar surface area (TPSA) is 86.5 Å². The molecule has 0 bridgehead atoms. The molecule has 2 aromatic rings. The van der Waals surface area contributed by atoms with Crippen LogP contribution in [0, 0.1) is 10.1 Å². The van der Waals surface area contributed by atoms with Crippen molar-refractivity contribution in [2.45, 2.75) is 51.3 Å². The van der Waals surface area contributed by atoms with Crippen molar-refractivity contribution >= 4 is 17.5 Å². The van der Waals surface area contributed by atoms with E-state index in [0.717, 1.165) is 30.5 Å². The first-order valence-electron chi connectivity index (χ1n) is 14.4. The molecule has 0 amide bonds. The van der Waals surface area contributed by atoms with Gasteiger partial charge in [-0.05, 0) is 44.1 Å². The second-order valence-electron chi connectivity index (χ2n) is 11.2. The van der Waals surface area contributed by atoms with Crippen LogP contribution >= 0.6 is 0 Å². The van der Waals surface area contributed by atoms with Gasteiger partial charge in [0.15, 0.2) is 0 Å². The zero-order chi connectivity index (χ0) is 28.2. The van der Waals surface area contributed by atoms with Crippen molar-refractivity contribution < 1.29 is 23.9 Å². The Morgan fingerprint density at radius 1 is 0.975 bits per heavy atom. The molecule has 9 nitrogen and oxygen atoms in total. The predicted octanol–water partition coefficient (Wildman–Crippen LogP) is 5.16. The van der Waals surface area contributed by atoms with Crippen molar-refractivity contribution in [3.63, 3.8) is 0 Å². The summed E-state index contributed by atoms with van der Waals surface area (Å²) in [6.45, 7) is 12.5. The summed E-state index contributed by atoms with van der Waals surface area (Å²) >= 11 is 0. The van der Waals surface area contributed by atoms with Crippen LogP contribution in [0.25, 0.3) is 6.08 Å². The number of ether oxygens (including phenoxy) is 4. The molecule has 1 spiro atoms. The molecule has 40 heavy (non-hydrogen) atoms. The number of anilines is 1. The molecule has 3 aliphatic heterocycles. The Hall–Kier alpha value is -2.98. The average Bonchev–Trinajstić information content (AvgIpc) is 3.11. The highest BCUT2D eigenvalue weighted by atomic mass is 16.6. The third-order valence-corrected chi connectivity index (χ3v) is 8.28. The first kappa shape index (κ1) is 28.5. The van der Waals surface area contributed by atoms with Gasteiger partial charge in [-0.25, -0.2) is 0 Å². The number of hydrogen-bond acceptors (Lipinski definition) is 8. The van der Waals surface area contributed by atoms with E-state index >= 15 is 0 Å². The van der Waals surface area contributed by atoms with Crippen molar-refractivity contribution in [3.05, 3.63) is 69.3 Å². The van der Waals surface area contributed by atoms with Crippen molar-refractivity contribution in [3.8, 4) is 5.75 Å². The first-order valence-corrected chi connectivity index (χ1v) is 14.4. The number of nitro benzene ring substituents is 1. The minimum Gasteiger partial charge on any atom is -0.462 e. The van der Waals surface area contributed by atoms with E-state index in [1.54, 1.807) is 12.1 Å². The predicted molar refractivity (Wildman–Crippen MR) is 155 cm³/mol. The number of rotatable bonds is 6. The Labute approximate surface area is 236 Å². The van der Waals surface area contributed by atoms with Crippen molar-refractivity contribution in [2.24, 2.45) is 0 Å². The van der Waals surface area contributed by atoms with Crippen LogP contribution in [0.3, 0.4) is 0 Å². The molecule has 3 aliphatic rings. The minimum atomic E-state index is -0.752. The molecular formula is C31H41N3O6. The maximum absolute atomic E-state index is 11.9. The van der Waals surface area contributed by atoms with Gasteiger partial charge in [-0.2, -0.15) is 0 Å². The highest BCUT2D eigenvalue weighted by Gasteiger charge is 2.58. The van der Waals surface area contributed by atoms with Gasteiger partial charge in [-0.3, -0.25) is 15.0 Å². The molecule has 0 N–H and O–H groups in total. The van der Waals surface area contributed by atoms with Gasteiger partial charge in [0.05, 0.1) is 50.0 Å². The monoisotopic (exact) mass is 551 g/mol. The van der Waals surface area contributed by atoms with Gasteiger partial charge in [0.2, 0.25) is 5.72 Å². The van der Waals surface area contributed by atoms with Crippen LogP contribution in [-0.2, 0) is 26.2 Å². The summed E-state index contributed by atoms with van der Waals surface area (Å²) in [7, 11) is 0. The SMILES string of the molecule is CCCCN1c2ccccc2C(C)(C)C12C=Cc1cc([N+](=O)[O-])cc(CN3CCOCCOCCOCC3)c1O2. The van der Waals surface area contributed by atoms with E-state index in [4.69, 9.17) is 18.9 Å². The maximum Gasteiger partial charge on any atom is 0.270 e. The third-order valence-electron chi connectivity index (χ3n) is 8.28. The second kappa shape index (κ2) is 12.3. The number of nitrogens with zero attached hydrogens (tertiary/aromatic N) is 3. The molecule has 0 aromatic heterocycles. The summed E-state index contributed by atoms with van der Waals surface area (Å²) in [6.07, 6.45) is 6.23. The molecule has 2 aromatic carbocycles. The van der Waals surface area contributed by atoms with Crippen LogP contribution in [0.4, 0.5) is 11.4 Å². The van der Waals surface area contributed by atoms with Crippen LogP contribution in [0.1, 0.15) is 50.3 Å². The molecule has 0 aliphatic carbocycles. The molecule has 1 unspecified atom stereocenters. The third kappa shape index (κ3) is 5.48. The Bertz CT molecular complexity index is 1220. The lowest BCUT2D eigenvalue weighted by molar-refractivity contribution is -0.385. The van der Waals surface area contributed by atoms with Gasteiger partial charge in [0.25, 0.3) is 5.69 Å². The number of non-ortho nitro benzene ring substituents is 1. The lowest BCUT2D eigenvalue weighted by Gasteiger charge is -2.47. The smallest absolute Gasteiger partial charge is 0.270 e. The fourth-order valence-electron chi connectivity index (χ4n) is 6.03. The van der Waals surface area contributed by atoms with Gasteiger partial charge >= 0.3 is 0 Å². The fourth-order valence-corrected chi connectivity index (χ4v) is 6.03. The largest absolute Gasteiger partial charge is 0.462 e. The zero-order valence-corrected chi connectivity index (χ0v) is 23.9. The lowest BCUT2D eigenvalue weighted by atomic mass is 9.76. The molecule has 5 rings (SSSR count). The molecule has 1 saturated heterocycles. The summed E-state index contributed by atoms with van der Waals surface area (Å²) in [5.41, 5.74) is 2.90. The number of nitro groups is 1. The van der Waals surface area contributed by atoms with Crippen LogP contribution in [0.2, 0.25) is 0 Å². The standard InChI is InChI=1S/C31H41N3O6/c1-4-5-12-33-28-9-7-6-8-27(28)30(2,3)31(33)11-10-24-21-26(34(35)36)22-25(29(24)40-31)23-32-13-15-37-17-19-39-20-18-38-16-14-32/h6-11,21-22H,4-5,12-20,23H2,1-3H3. The molecule has 0 saturated carbocycles. The maximum atomic E-state index is 11.9. The van der Waals surface area contributed by atoms with Crippen molar-refractivity contribution in [2.75, 3.05) is 64.2 Å². The van der Waals surface area contributed by atoms with Gasteiger partial charge in [-0.1, -0.05) is 31.5 Å². The van der Waals surface area contributed by atoms with Crippen LogP contribution in [0.15, 0.2) is 42.5 Å². The molecule has 216 valence electrons. The van der Waals surface area contributed by atoms with E-state index in [1.807, 2.05) is 6.08 Å². The Morgan fingerprint density at radius 2 is 1.65 bits per heavy atom. The van der Waals surface area contributed by atoms with E-state index in [9.17, 15) is 10.1 Å². The number of fused-ring (bicyclic) bond motifs is 2. The summed E-state index contributed by atoms with van der Waals surface area (Å²) in [5.74, 6) is 0.705. The van der Waals surface area contributed by atoms with E-state index in [0.29, 0.717) is 65.0 Å². The molecule has 3 heterocycles. The molecule has 0 radical (unpaired) electrons. The van der Waals surface area contributed by atoms with E-state index in [1.165, 1.54) is 11.3 Å². The van der Waals surface area contributed by atoms with Gasteiger partial charge < -0.3 is 23.8 Å². The first-order chi connectivity index (χ1) is 19.4. The fraction of sp³-hybridized carbons (Fsp3) is 0.548. The van der Waals surface area contributed by atoms with Crippen LogP contribution in [-0.4, -0.2) is 74.8 Å². The summed E-state index contributed by atoms with van der Waals surface area (Å²) < 4.78 is 24.2. The molecule has 9 heteroatoms. The van der Waals surface area contributed by atoms with Crippen LogP contribution in [0.5, 0.6) is 5.75 Å². The van der Waals surface area contributed by atoms with Gasteiger partial charge in [-0.15, -0.1) is 0 Å². The van der Waals surface area contributed by atoms with E-state index in [-0.39, 0.29) is 16.0 Å². The summed E-state index contributed by atoms with van der Waals surface area (Å²) in [4.78, 5) is 16.2. The van der Waals surface area contributed by atoms with Crippen molar-refractivity contribution in [1.29, 1.82) is 0 Å². The Balaban J connectivity index is 1.52. The minimum absolute atomic E-state index is 0.0637. The lowest BCUT2D eigenvalue weighted by Crippen LogP contribution is -2.59. The molecule has 1 fully saturated rings. The Morgan fingerprint density at radius 3 is 2.33 bits per heavy atom. The van der Waals surface area contributed by atoms with Crippen LogP contribution < -0.4 is 9.64 Å². The van der Waals surface area contributed by atoms with E-state index in [2.05, 4.69) is 60.9 Å². The Kier molecular flexibility index (Phi) is 8.75. The van der Waals surface area contributed by atoms with E-state index < -0.39 is 5.72 Å². The number of para-hydroxylation sites is 1. The van der Waals surface area contributed by atoms with Gasteiger partial charge in [0.1, 0.15) is 5.75 Å². The summed E-state index contributed by atoms with van der Waals surface area (Å²) in [6, 6.07) is 11.8. The number of benzene rings is 2. The number of hydrogen-bond donors (Lipinski definition) is 0. The highest BCUT2D eigenvalue weighted by Crippen LogP contribution is 2.55. The highest BCUT2D eigenvalue weighted by molar-refractivity contribution is 5.74. The molecular weight excluding hydrogens is 510 g/mol. The quantitative estimate of drug-likeness (QED) is 0.360. The summed E-state index contributed by atoms with van der Waals surface area (Å²) in [5, 5.41) is 11.9. The number of unbranched alkanes of at least 4 members (excludes halogenated alkanes) is 1. The average molecular weight is 552 g/mol. The second-order valence-corrected chi connectivity index (χ2v) is 11.2. The normalized spacial score (nSPS) is 23.1.